The van der Waals surface area contributed by atoms with E-state index in [4.69, 9.17) is 14.2 Å². The number of unbranched alkanes of at least 4 members (excludes halogenated alkanes) is 41. The molecule has 0 N–H and O–H groups in total. The Kier molecular flexibility index (Phi) is 54.4. The molecule has 0 spiro atoms. The minimum atomic E-state index is -0.763. The zero-order valence-corrected chi connectivity index (χ0v) is 47.5. The molecule has 0 aromatic carbocycles. The quantitative estimate of drug-likeness (QED) is 0.0343. The van der Waals surface area contributed by atoms with Crippen molar-refractivity contribution in [1.29, 1.82) is 0 Å². The third-order valence-corrected chi connectivity index (χ3v) is 14.8. The number of carbonyl (C=O) groups excluding carboxylic acids is 3. The molecule has 2 atom stereocenters. The van der Waals surface area contributed by atoms with Gasteiger partial charge in [0.05, 0.1) is 0 Å². The topological polar surface area (TPSA) is 78.9 Å². The van der Waals surface area contributed by atoms with Gasteiger partial charge in [0.2, 0.25) is 0 Å². The van der Waals surface area contributed by atoms with Crippen molar-refractivity contribution in [2.24, 2.45) is 11.8 Å². The van der Waals surface area contributed by atoms with E-state index in [1.54, 1.807) is 0 Å². The van der Waals surface area contributed by atoms with Gasteiger partial charge in [-0.05, 0) is 31.1 Å². The third kappa shape index (κ3) is 55.6. The Bertz CT molecular complexity index is 1060. The summed E-state index contributed by atoms with van der Waals surface area (Å²) in [5.41, 5.74) is 0. The number of rotatable bonds is 57. The van der Waals surface area contributed by atoms with E-state index in [9.17, 15) is 14.4 Å². The second-order valence-corrected chi connectivity index (χ2v) is 22.4. The molecular weight excluding hydrogens is 853 g/mol. The molecule has 69 heavy (non-hydrogen) atoms. The van der Waals surface area contributed by atoms with Crippen molar-refractivity contribution in [3.63, 3.8) is 0 Å². The molecule has 410 valence electrons. The van der Waals surface area contributed by atoms with Crippen molar-refractivity contribution in [2.75, 3.05) is 13.2 Å². The first-order valence-corrected chi connectivity index (χ1v) is 31.3. The van der Waals surface area contributed by atoms with Gasteiger partial charge in [0.15, 0.2) is 6.10 Å². The Labute approximate surface area is 431 Å². The van der Waals surface area contributed by atoms with Crippen LogP contribution in [0, 0.1) is 11.8 Å². The summed E-state index contributed by atoms with van der Waals surface area (Å²) in [6.45, 7) is 11.5. The molecule has 0 aromatic heterocycles. The van der Waals surface area contributed by atoms with Gasteiger partial charge in [0.1, 0.15) is 13.2 Å². The monoisotopic (exact) mass is 975 g/mol. The number of hydrogen-bond acceptors (Lipinski definition) is 6. The molecule has 0 saturated carbocycles. The third-order valence-electron chi connectivity index (χ3n) is 14.8. The van der Waals surface area contributed by atoms with Crippen molar-refractivity contribution >= 4 is 17.9 Å². The number of carbonyl (C=O) groups is 3. The zero-order chi connectivity index (χ0) is 50.4. The molecule has 1 unspecified atom stereocenters. The van der Waals surface area contributed by atoms with E-state index in [0.717, 1.165) is 69.6 Å². The molecule has 0 bridgehead atoms. The fraction of sp³-hybridized carbons (Fsp3) is 0.952. The molecule has 6 nitrogen and oxygen atoms in total. The van der Waals surface area contributed by atoms with Crippen molar-refractivity contribution in [1.82, 2.24) is 0 Å². The molecule has 0 aliphatic heterocycles. The van der Waals surface area contributed by atoms with Crippen molar-refractivity contribution in [3.8, 4) is 0 Å². The second kappa shape index (κ2) is 55.7. The highest BCUT2D eigenvalue weighted by Gasteiger charge is 2.19. The molecule has 0 heterocycles. The fourth-order valence-corrected chi connectivity index (χ4v) is 9.73. The maximum atomic E-state index is 12.9. The van der Waals surface area contributed by atoms with Crippen molar-refractivity contribution < 1.29 is 28.6 Å². The van der Waals surface area contributed by atoms with Gasteiger partial charge in [-0.15, -0.1) is 0 Å². The summed E-state index contributed by atoms with van der Waals surface area (Å²) in [6, 6.07) is 0. The van der Waals surface area contributed by atoms with Gasteiger partial charge in [0, 0.05) is 19.3 Å². The Morgan fingerprint density at radius 3 is 0.826 bits per heavy atom. The zero-order valence-electron chi connectivity index (χ0n) is 47.5. The normalized spacial score (nSPS) is 12.4. The molecule has 6 heteroatoms. The maximum Gasteiger partial charge on any atom is 0.306 e. The molecule has 0 radical (unpaired) electrons. The summed E-state index contributed by atoms with van der Waals surface area (Å²) in [6.07, 6.45) is 60.9. The molecular formula is C63H122O6. The van der Waals surface area contributed by atoms with Crippen LogP contribution in [0.3, 0.4) is 0 Å². The van der Waals surface area contributed by atoms with Crippen LogP contribution >= 0.6 is 0 Å². The smallest absolute Gasteiger partial charge is 0.306 e. The van der Waals surface area contributed by atoms with Gasteiger partial charge in [-0.1, -0.05) is 317 Å². The van der Waals surface area contributed by atoms with Gasteiger partial charge >= 0.3 is 17.9 Å². The Hall–Kier alpha value is -1.59. The van der Waals surface area contributed by atoms with Crippen LogP contribution in [0.4, 0.5) is 0 Å². The first-order valence-electron chi connectivity index (χ1n) is 31.3. The molecule has 0 saturated heterocycles. The predicted octanol–water partition coefficient (Wildman–Crippen LogP) is 20.8. The Morgan fingerprint density at radius 1 is 0.304 bits per heavy atom. The van der Waals surface area contributed by atoms with Gasteiger partial charge in [-0.25, -0.2) is 0 Å². The van der Waals surface area contributed by atoms with Crippen LogP contribution < -0.4 is 0 Å². The fourth-order valence-electron chi connectivity index (χ4n) is 9.73. The summed E-state index contributed by atoms with van der Waals surface area (Å²) in [5, 5.41) is 0. The molecule has 0 amide bonds. The van der Waals surface area contributed by atoms with Crippen LogP contribution in [0.15, 0.2) is 0 Å². The Balaban J connectivity index is 4.24. The summed E-state index contributed by atoms with van der Waals surface area (Å²) in [7, 11) is 0. The van der Waals surface area contributed by atoms with Crippen molar-refractivity contribution in [2.45, 2.75) is 362 Å². The second-order valence-electron chi connectivity index (χ2n) is 22.4. The average molecular weight is 976 g/mol. The van der Waals surface area contributed by atoms with Crippen LogP contribution in [0.5, 0.6) is 0 Å². The standard InChI is InChI=1S/C63H122O6/c1-6-8-9-10-11-12-13-14-22-28-33-38-43-48-53-61(64)67-56-60(69-63(66)55-50-45-40-35-30-25-24-26-31-36-41-46-51-58(3)4)57-68-62(65)54-49-44-39-34-29-23-20-18-16-15-17-19-21-27-32-37-42-47-52-59(5)7-2/h58-60H,6-57H2,1-5H3/t59?,60-/m0/s1. The highest BCUT2D eigenvalue weighted by atomic mass is 16.6. The van der Waals surface area contributed by atoms with Crippen LogP contribution in [0.25, 0.3) is 0 Å². The number of esters is 3. The summed E-state index contributed by atoms with van der Waals surface area (Å²) in [5.74, 6) is 0.908. The van der Waals surface area contributed by atoms with Crippen LogP contribution in [0.1, 0.15) is 356 Å². The number of hydrogen-bond donors (Lipinski definition) is 0. The van der Waals surface area contributed by atoms with Crippen LogP contribution in [-0.4, -0.2) is 37.2 Å². The highest BCUT2D eigenvalue weighted by molar-refractivity contribution is 5.71. The first kappa shape index (κ1) is 67.4. The lowest BCUT2D eigenvalue weighted by atomic mass is 9.99. The highest BCUT2D eigenvalue weighted by Crippen LogP contribution is 2.19. The van der Waals surface area contributed by atoms with E-state index in [2.05, 4.69) is 34.6 Å². The molecule has 0 fully saturated rings. The average Bonchev–Trinajstić information content (AvgIpc) is 3.34. The van der Waals surface area contributed by atoms with Gasteiger partial charge in [-0.3, -0.25) is 14.4 Å². The van der Waals surface area contributed by atoms with E-state index in [-0.39, 0.29) is 31.1 Å². The van der Waals surface area contributed by atoms with Gasteiger partial charge in [0.25, 0.3) is 0 Å². The Morgan fingerprint density at radius 2 is 0.551 bits per heavy atom. The van der Waals surface area contributed by atoms with Gasteiger partial charge < -0.3 is 14.2 Å². The minimum Gasteiger partial charge on any atom is -0.462 e. The summed E-state index contributed by atoms with van der Waals surface area (Å²) in [4.78, 5) is 38.2. The van der Waals surface area contributed by atoms with Gasteiger partial charge in [-0.2, -0.15) is 0 Å². The molecule has 0 aliphatic rings. The lowest BCUT2D eigenvalue weighted by Gasteiger charge is -2.18. The summed E-state index contributed by atoms with van der Waals surface area (Å²) < 4.78 is 16.9. The van der Waals surface area contributed by atoms with Crippen LogP contribution in [-0.2, 0) is 28.6 Å². The van der Waals surface area contributed by atoms with E-state index >= 15 is 0 Å². The maximum absolute atomic E-state index is 12.9. The lowest BCUT2D eigenvalue weighted by molar-refractivity contribution is -0.167. The minimum absolute atomic E-state index is 0.0621. The predicted molar refractivity (Wildman–Crippen MR) is 298 cm³/mol. The number of ether oxygens (including phenoxy) is 3. The van der Waals surface area contributed by atoms with Crippen molar-refractivity contribution in [3.05, 3.63) is 0 Å². The van der Waals surface area contributed by atoms with E-state index < -0.39 is 6.10 Å². The molecule has 0 aromatic rings. The lowest BCUT2D eigenvalue weighted by Crippen LogP contribution is -2.30. The SMILES string of the molecule is CCCCCCCCCCCCCCCCC(=O)OC[C@@H](COC(=O)CCCCCCCCCCCCCCCCCCCCC(C)CC)OC(=O)CCCCCCCCCCCCCCC(C)C. The van der Waals surface area contributed by atoms with Crippen LogP contribution in [0.2, 0.25) is 0 Å². The van der Waals surface area contributed by atoms with E-state index in [0.29, 0.717) is 19.3 Å². The summed E-state index contributed by atoms with van der Waals surface area (Å²) >= 11 is 0. The first-order chi connectivity index (χ1) is 33.8. The van der Waals surface area contributed by atoms with E-state index in [1.165, 1.54) is 244 Å². The molecule has 0 aliphatic carbocycles. The largest absolute Gasteiger partial charge is 0.462 e. The molecule has 0 rings (SSSR count). The van der Waals surface area contributed by atoms with E-state index in [1.807, 2.05) is 0 Å².